The molecule has 0 saturated carbocycles. The molecule has 0 saturated heterocycles. The number of pyridine rings is 2. The second-order valence-electron chi connectivity index (χ2n) is 2.84. The zero-order chi connectivity index (χ0) is 9.97. The van der Waals surface area contributed by atoms with Crippen molar-refractivity contribution in [3.05, 3.63) is 41.8 Å². The molecule has 2 aromatic heterocycles. The molecule has 2 aromatic rings. The first-order valence-electron chi connectivity index (χ1n) is 4.09. The lowest BCUT2D eigenvalue weighted by atomic mass is 10.1. The molecule has 70 valence electrons. The number of anilines is 1. The highest BCUT2D eigenvalue weighted by atomic mass is 35.5. The van der Waals surface area contributed by atoms with Crippen molar-refractivity contribution in [1.29, 1.82) is 0 Å². The fourth-order valence-electron chi connectivity index (χ4n) is 1.12. The van der Waals surface area contributed by atoms with Crippen molar-refractivity contribution < 1.29 is 0 Å². The van der Waals surface area contributed by atoms with Crippen LogP contribution in [0.4, 0.5) is 5.82 Å². The summed E-state index contributed by atoms with van der Waals surface area (Å²) in [7, 11) is 0. The predicted molar refractivity (Wildman–Crippen MR) is 56.9 cm³/mol. The van der Waals surface area contributed by atoms with Crippen LogP contribution in [-0.2, 0) is 0 Å². The highest BCUT2D eigenvalue weighted by Gasteiger charge is 1.98. The number of nitrogen functional groups attached to an aromatic ring is 1. The number of rotatable bonds is 1. The second-order valence-corrected chi connectivity index (χ2v) is 3.23. The van der Waals surface area contributed by atoms with Gasteiger partial charge in [0.1, 0.15) is 11.0 Å². The third-order valence-electron chi connectivity index (χ3n) is 1.85. The Balaban J connectivity index is 2.40. The quantitative estimate of drug-likeness (QED) is 0.728. The van der Waals surface area contributed by atoms with Gasteiger partial charge in [-0.1, -0.05) is 11.6 Å². The minimum atomic E-state index is 0.483. The Morgan fingerprint density at radius 2 is 1.57 bits per heavy atom. The topological polar surface area (TPSA) is 51.8 Å². The lowest BCUT2D eigenvalue weighted by molar-refractivity contribution is 1.30. The lowest BCUT2D eigenvalue weighted by Crippen LogP contribution is -1.89. The smallest absolute Gasteiger partial charge is 0.129 e. The Kier molecular flexibility index (Phi) is 2.33. The third kappa shape index (κ3) is 1.83. The van der Waals surface area contributed by atoms with Crippen LogP contribution >= 0.6 is 11.6 Å². The molecule has 0 amide bonds. The Hall–Kier alpha value is -1.61. The number of hydrogen-bond donors (Lipinski definition) is 1. The number of halogens is 1. The molecule has 2 rings (SSSR count). The number of hydrogen-bond acceptors (Lipinski definition) is 3. The van der Waals surface area contributed by atoms with Gasteiger partial charge in [-0.3, -0.25) is 0 Å². The minimum Gasteiger partial charge on any atom is -0.384 e. The third-order valence-corrected chi connectivity index (χ3v) is 2.07. The van der Waals surface area contributed by atoms with Gasteiger partial charge in [-0.05, 0) is 24.3 Å². The van der Waals surface area contributed by atoms with Crippen LogP contribution in [0.15, 0.2) is 36.7 Å². The number of aromatic nitrogens is 2. The van der Waals surface area contributed by atoms with Gasteiger partial charge >= 0.3 is 0 Å². The van der Waals surface area contributed by atoms with Crippen LogP contribution in [0.2, 0.25) is 5.15 Å². The van der Waals surface area contributed by atoms with Crippen LogP contribution < -0.4 is 5.73 Å². The van der Waals surface area contributed by atoms with Crippen molar-refractivity contribution in [3.8, 4) is 11.1 Å². The summed E-state index contributed by atoms with van der Waals surface area (Å²) in [5, 5.41) is 0.483. The van der Waals surface area contributed by atoms with Crippen molar-refractivity contribution in [2.24, 2.45) is 0 Å². The molecule has 0 fully saturated rings. The molecule has 3 nitrogen and oxygen atoms in total. The summed E-state index contributed by atoms with van der Waals surface area (Å²) in [6, 6.07) is 7.28. The lowest BCUT2D eigenvalue weighted by Gasteiger charge is -2.00. The maximum Gasteiger partial charge on any atom is 0.129 e. The van der Waals surface area contributed by atoms with E-state index in [1.54, 1.807) is 24.5 Å². The van der Waals surface area contributed by atoms with E-state index in [2.05, 4.69) is 9.97 Å². The van der Waals surface area contributed by atoms with Crippen LogP contribution in [0.5, 0.6) is 0 Å². The fourth-order valence-corrected chi connectivity index (χ4v) is 1.23. The van der Waals surface area contributed by atoms with Gasteiger partial charge in [-0.15, -0.1) is 0 Å². The Morgan fingerprint density at radius 3 is 2.07 bits per heavy atom. The summed E-state index contributed by atoms with van der Waals surface area (Å²) in [4.78, 5) is 7.98. The molecule has 4 heteroatoms. The minimum absolute atomic E-state index is 0.483. The van der Waals surface area contributed by atoms with Gasteiger partial charge in [-0.25, -0.2) is 9.97 Å². The van der Waals surface area contributed by atoms with Crippen molar-refractivity contribution in [1.82, 2.24) is 9.97 Å². The Morgan fingerprint density at radius 1 is 0.929 bits per heavy atom. The molecule has 2 heterocycles. The Bertz CT molecular complexity index is 379. The van der Waals surface area contributed by atoms with Gasteiger partial charge in [0.2, 0.25) is 0 Å². The maximum atomic E-state index is 5.68. The normalized spacial score (nSPS) is 10.1. The van der Waals surface area contributed by atoms with E-state index < -0.39 is 0 Å². The fraction of sp³-hybridized carbons (Fsp3) is 0. The van der Waals surface area contributed by atoms with E-state index in [-0.39, 0.29) is 0 Å². The summed E-state index contributed by atoms with van der Waals surface area (Å²) < 4.78 is 0. The molecular weight excluding hydrogens is 198 g/mol. The van der Waals surface area contributed by atoms with E-state index >= 15 is 0 Å². The van der Waals surface area contributed by atoms with Crippen LogP contribution in [0.25, 0.3) is 11.1 Å². The average Bonchev–Trinajstić information content (AvgIpc) is 2.21. The second kappa shape index (κ2) is 3.64. The standard InChI is InChI=1S/C10H8ClN3/c11-9-3-1-7(5-13-9)8-2-4-10(12)14-6-8/h1-6H,(H2,12,14). The van der Waals surface area contributed by atoms with Gasteiger partial charge in [-0.2, -0.15) is 0 Å². The maximum absolute atomic E-state index is 5.68. The van der Waals surface area contributed by atoms with Gasteiger partial charge < -0.3 is 5.73 Å². The number of nitrogens with two attached hydrogens (primary N) is 1. The first-order valence-corrected chi connectivity index (χ1v) is 4.47. The molecule has 2 N–H and O–H groups in total. The van der Waals surface area contributed by atoms with Crippen molar-refractivity contribution in [3.63, 3.8) is 0 Å². The van der Waals surface area contributed by atoms with Gasteiger partial charge in [0, 0.05) is 23.5 Å². The summed E-state index contributed by atoms with van der Waals surface area (Å²) in [5.41, 5.74) is 7.43. The first kappa shape index (κ1) is 8.97. The van der Waals surface area contributed by atoms with Crippen molar-refractivity contribution in [2.45, 2.75) is 0 Å². The van der Waals surface area contributed by atoms with Crippen molar-refractivity contribution >= 4 is 17.4 Å². The van der Waals surface area contributed by atoms with Crippen LogP contribution in [-0.4, -0.2) is 9.97 Å². The number of nitrogens with zero attached hydrogens (tertiary/aromatic N) is 2. The molecule has 0 atom stereocenters. The van der Waals surface area contributed by atoms with Gasteiger partial charge in [0.15, 0.2) is 0 Å². The molecule has 0 radical (unpaired) electrons. The molecule has 0 bridgehead atoms. The van der Waals surface area contributed by atoms with E-state index in [9.17, 15) is 0 Å². The van der Waals surface area contributed by atoms with E-state index in [4.69, 9.17) is 17.3 Å². The van der Waals surface area contributed by atoms with E-state index in [1.807, 2.05) is 12.1 Å². The summed E-state index contributed by atoms with van der Waals surface area (Å²) >= 11 is 5.68. The van der Waals surface area contributed by atoms with E-state index in [0.29, 0.717) is 11.0 Å². The molecule has 0 unspecified atom stereocenters. The average molecular weight is 206 g/mol. The van der Waals surface area contributed by atoms with Crippen molar-refractivity contribution in [2.75, 3.05) is 5.73 Å². The highest BCUT2D eigenvalue weighted by Crippen LogP contribution is 2.18. The van der Waals surface area contributed by atoms with Crippen LogP contribution in [0.1, 0.15) is 0 Å². The van der Waals surface area contributed by atoms with Gasteiger partial charge in [0.25, 0.3) is 0 Å². The molecule has 0 aliphatic rings. The molecule has 0 aliphatic carbocycles. The molecule has 0 aliphatic heterocycles. The first-order chi connectivity index (χ1) is 6.75. The Labute approximate surface area is 86.6 Å². The predicted octanol–water partition coefficient (Wildman–Crippen LogP) is 2.38. The molecule has 0 spiro atoms. The van der Waals surface area contributed by atoms with E-state index in [0.717, 1.165) is 11.1 Å². The SMILES string of the molecule is Nc1ccc(-c2ccc(Cl)nc2)cn1. The highest BCUT2D eigenvalue weighted by molar-refractivity contribution is 6.29. The molecular formula is C10H8ClN3. The summed E-state index contributed by atoms with van der Waals surface area (Å²) in [6.45, 7) is 0. The van der Waals surface area contributed by atoms with Gasteiger partial charge in [0.05, 0.1) is 0 Å². The summed E-state index contributed by atoms with van der Waals surface area (Å²) in [5.74, 6) is 0.510. The zero-order valence-electron chi connectivity index (χ0n) is 7.31. The molecule has 14 heavy (non-hydrogen) atoms. The molecule has 0 aromatic carbocycles. The zero-order valence-corrected chi connectivity index (χ0v) is 8.07. The largest absolute Gasteiger partial charge is 0.384 e. The van der Waals surface area contributed by atoms with Crippen LogP contribution in [0.3, 0.4) is 0 Å². The van der Waals surface area contributed by atoms with Crippen LogP contribution in [0, 0.1) is 0 Å². The van der Waals surface area contributed by atoms with E-state index in [1.165, 1.54) is 0 Å². The summed E-state index contributed by atoms with van der Waals surface area (Å²) in [6.07, 6.45) is 3.41. The monoisotopic (exact) mass is 205 g/mol.